The van der Waals surface area contributed by atoms with Crippen molar-refractivity contribution in [3.63, 3.8) is 0 Å². The van der Waals surface area contributed by atoms with E-state index in [0.717, 1.165) is 31.4 Å². The fourth-order valence-electron chi connectivity index (χ4n) is 3.93. The van der Waals surface area contributed by atoms with Crippen LogP contribution in [0.4, 0.5) is 5.69 Å². The summed E-state index contributed by atoms with van der Waals surface area (Å²) in [5, 5.41) is 0. The van der Waals surface area contributed by atoms with Gasteiger partial charge in [0.05, 0.1) is 25.4 Å². The molecule has 0 aliphatic carbocycles. The molecule has 1 saturated heterocycles. The summed E-state index contributed by atoms with van der Waals surface area (Å²) in [6.07, 6.45) is 11.2. The van der Waals surface area contributed by atoms with E-state index < -0.39 is 0 Å². The van der Waals surface area contributed by atoms with Crippen molar-refractivity contribution in [2.45, 2.75) is 84.3 Å². The second-order valence-electron chi connectivity index (χ2n) is 7.86. The molecule has 0 N–H and O–H groups in total. The Kier molecular flexibility index (Phi) is 11.7. The van der Waals surface area contributed by atoms with E-state index in [1.54, 1.807) is 0 Å². The first-order valence-electron chi connectivity index (χ1n) is 11.4. The number of carbonyl (C=O) groups is 1. The van der Waals surface area contributed by atoms with Crippen LogP contribution in [0.15, 0.2) is 18.2 Å². The van der Waals surface area contributed by atoms with Gasteiger partial charge < -0.3 is 14.4 Å². The van der Waals surface area contributed by atoms with E-state index in [2.05, 4.69) is 32.0 Å². The largest absolute Gasteiger partial charge is 0.348 e. The van der Waals surface area contributed by atoms with Gasteiger partial charge in [-0.1, -0.05) is 70.6 Å². The van der Waals surface area contributed by atoms with Crippen LogP contribution in [0.1, 0.15) is 76.3 Å². The number of rotatable bonds is 14. The molecular formula is C24H38ClNO3. The quantitative estimate of drug-likeness (QED) is 0.277. The molecule has 1 aromatic rings. The fourth-order valence-corrected chi connectivity index (χ4v) is 4.08. The number of benzene rings is 1. The molecule has 4 nitrogen and oxygen atoms in total. The second-order valence-corrected chi connectivity index (χ2v) is 8.12. The maximum Gasteiger partial charge on any atom is 0.242 e. The zero-order valence-electron chi connectivity index (χ0n) is 18.3. The minimum atomic E-state index is -0.372. The normalized spacial score (nSPS) is 14.4. The molecule has 164 valence electrons. The number of carbonyl (C=O) groups excluding carboxylic acids is 1. The average Bonchev–Trinajstić information content (AvgIpc) is 3.26. The van der Waals surface area contributed by atoms with Crippen molar-refractivity contribution in [2.24, 2.45) is 0 Å². The van der Waals surface area contributed by atoms with E-state index in [9.17, 15) is 4.79 Å². The third-order valence-electron chi connectivity index (χ3n) is 5.51. The van der Waals surface area contributed by atoms with Crippen LogP contribution < -0.4 is 4.90 Å². The second kappa shape index (κ2) is 14.0. The number of amides is 1. The summed E-state index contributed by atoms with van der Waals surface area (Å²) in [7, 11) is 0. The Hall–Kier alpha value is -1.10. The third kappa shape index (κ3) is 7.92. The van der Waals surface area contributed by atoms with Crippen molar-refractivity contribution in [3.8, 4) is 0 Å². The molecule has 1 aliphatic heterocycles. The minimum absolute atomic E-state index is 0.0356. The lowest BCUT2D eigenvalue weighted by molar-refractivity contribution is -0.117. The lowest BCUT2D eigenvalue weighted by Gasteiger charge is -2.29. The van der Waals surface area contributed by atoms with Crippen LogP contribution in [0, 0.1) is 0 Å². The van der Waals surface area contributed by atoms with Crippen molar-refractivity contribution in [3.05, 3.63) is 29.3 Å². The summed E-state index contributed by atoms with van der Waals surface area (Å²) in [5.41, 5.74) is 3.53. The lowest BCUT2D eigenvalue weighted by atomic mass is 9.96. The third-order valence-corrected chi connectivity index (χ3v) is 5.74. The Balaban J connectivity index is 2.27. The number of aryl methyl sites for hydroxylation is 2. The van der Waals surface area contributed by atoms with Crippen LogP contribution in [0.5, 0.6) is 0 Å². The van der Waals surface area contributed by atoms with Crippen LogP contribution in [0.2, 0.25) is 0 Å². The van der Waals surface area contributed by atoms with E-state index in [4.69, 9.17) is 21.1 Å². The molecule has 1 aromatic carbocycles. The summed E-state index contributed by atoms with van der Waals surface area (Å²) in [4.78, 5) is 14.7. The van der Waals surface area contributed by atoms with Crippen molar-refractivity contribution in [1.82, 2.24) is 0 Å². The van der Waals surface area contributed by atoms with Crippen LogP contribution in [-0.4, -0.2) is 37.8 Å². The van der Waals surface area contributed by atoms with Crippen molar-refractivity contribution >= 4 is 23.2 Å². The summed E-state index contributed by atoms with van der Waals surface area (Å²) >= 11 is 6.01. The lowest BCUT2D eigenvalue weighted by Crippen LogP contribution is -2.40. The zero-order chi connectivity index (χ0) is 20.9. The fraction of sp³-hybridized carbons (Fsp3) is 0.708. The molecule has 0 bridgehead atoms. The molecule has 0 aromatic heterocycles. The van der Waals surface area contributed by atoms with Crippen molar-refractivity contribution in [2.75, 3.05) is 30.5 Å². The van der Waals surface area contributed by atoms with Gasteiger partial charge in [0.25, 0.3) is 0 Å². The smallest absolute Gasteiger partial charge is 0.242 e. The molecule has 2 rings (SSSR count). The molecule has 0 unspecified atom stereocenters. The first-order chi connectivity index (χ1) is 14.2. The molecule has 29 heavy (non-hydrogen) atoms. The summed E-state index contributed by atoms with van der Waals surface area (Å²) in [6, 6.07) is 6.48. The van der Waals surface area contributed by atoms with Gasteiger partial charge in [0, 0.05) is 0 Å². The summed E-state index contributed by atoms with van der Waals surface area (Å²) in [6.45, 7) is 6.02. The number of hydrogen-bond donors (Lipinski definition) is 0. The molecule has 0 spiro atoms. The predicted octanol–water partition coefficient (Wildman–Crippen LogP) is 5.88. The van der Waals surface area contributed by atoms with Gasteiger partial charge >= 0.3 is 0 Å². The number of para-hydroxylation sites is 1. The standard InChI is InChI=1S/C24H38ClNO3/c1-3-5-7-9-12-20-14-11-15-21(13-10-8-6-4-2)24(20)26(22(27)18-25)19-23-28-16-17-29-23/h11,14-15,23H,3-10,12-13,16-19H2,1-2H3. The van der Waals surface area contributed by atoms with Crippen LogP contribution >= 0.6 is 11.6 Å². The van der Waals surface area contributed by atoms with E-state index in [1.807, 2.05) is 4.90 Å². The summed E-state index contributed by atoms with van der Waals surface area (Å²) < 4.78 is 11.3. The molecule has 0 saturated carbocycles. The summed E-state index contributed by atoms with van der Waals surface area (Å²) in [5.74, 6) is -0.117. The number of anilines is 1. The zero-order valence-corrected chi connectivity index (χ0v) is 19.0. The van der Waals surface area contributed by atoms with Crippen molar-refractivity contribution in [1.29, 1.82) is 0 Å². The number of hydrogen-bond acceptors (Lipinski definition) is 3. The molecule has 1 aliphatic rings. The van der Waals surface area contributed by atoms with Crippen LogP contribution in [0.3, 0.4) is 0 Å². The minimum Gasteiger partial charge on any atom is -0.348 e. The highest BCUT2D eigenvalue weighted by Gasteiger charge is 2.27. The maximum atomic E-state index is 12.8. The molecule has 0 radical (unpaired) electrons. The molecule has 1 fully saturated rings. The Labute approximate surface area is 181 Å². The average molecular weight is 424 g/mol. The first-order valence-corrected chi connectivity index (χ1v) is 11.9. The Morgan fingerprint density at radius 2 is 1.52 bits per heavy atom. The van der Waals surface area contributed by atoms with E-state index in [-0.39, 0.29) is 18.1 Å². The Bertz CT molecular complexity index is 572. The topological polar surface area (TPSA) is 38.8 Å². The first kappa shape index (κ1) is 24.2. The number of halogens is 1. The highest BCUT2D eigenvalue weighted by Crippen LogP contribution is 2.30. The van der Waals surface area contributed by atoms with E-state index >= 15 is 0 Å². The predicted molar refractivity (Wildman–Crippen MR) is 121 cm³/mol. The Morgan fingerprint density at radius 3 is 2.00 bits per heavy atom. The van der Waals surface area contributed by atoms with Crippen molar-refractivity contribution < 1.29 is 14.3 Å². The van der Waals surface area contributed by atoms with E-state index in [1.165, 1.54) is 49.7 Å². The SMILES string of the molecule is CCCCCCc1cccc(CCCCCC)c1N(CC1OCCO1)C(=O)CCl. The molecule has 1 heterocycles. The van der Waals surface area contributed by atoms with Gasteiger partial charge in [0.15, 0.2) is 6.29 Å². The highest BCUT2D eigenvalue weighted by molar-refractivity contribution is 6.29. The maximum absolute atomic E-state index is 12.8. The van der Waals surface area contributed by atoms with Gasteiger partial charge in [-0.2, -0.15) is 0 Å². The monoisotopic (exact) mass is 423 g/mol. The van der Waals surface area contributed by atoms with Crippen LogP contribution in [0.25, 0.3) is 0 Å². The van der Waals surface area contributed by atoms with Gasteiger partial charge in [-0.3, -0.25) is 4.79 Å². The van der Waals surface area contributed by atoms with Gasteiger partial charge in [-0.25, -0.2) is 0 Å². The number of ether oxygens (including phenoxy) is 2. The Morgan fingerprint density at radius 1 is 0.966 bits per heavy atom. The van der Waals surface area contributed by atoms with Gasteiger partial charge in [0.1, 0.15) is 5.88 Å². The van der Waals surface area contributed by atoms with Gasteiger partial charge in [-0.05, 0) is 36.8 Å². The van der Waals surface area contributed by atoms with Gasteiger partial charge in [0.2, 0.25) is 5.91 Å². The molecular weight excluding hydrogens is 386 g/mol. The molecule has 0 atom stereocenters. The number of nitrogens with zero attached hydrogens (tertiary/aromatic N) is 1. The molecule has 1 amide bonds. The van der Waals surface area contributed by atoms with Gasteiger partial charge in [-0.15, -0.1) is 11.6 Å². The highest BCUT2D eigenvalue weighted by atomic mass is 35.5. The number of unbranched alkanes of at least 4 members (excludes halogenated alkanes) is 6. The van der Waals surface area contributed by atoms with E-state index in [0.29, 0.717) is 19.8 Å². The number of alkyl halides is 1. The van der Waals surface area contributed by atoms with Crippen LogP contribution in [-0.2, 0) is 27.1 Å². The molecule has 5 heteroatoms.